The predicted molar refractivity (Wildman–Crippen MR) is 92.0 cm³/mol. The molecule has 0 aliphatic rings. The van der Waals surface area contributed by atoms with Crippen molar-refractivity contribution in [2.75, 3.05) is 13.2 Å². The Morgan fingerprint density at radius 3 is 2.38 bits per heavy atom. The van der Waals surface area contributed by atoms with E-state index in [1.54, 1.807) is 0 Å². The molecule has 0 saturated heterocycles. The molecule has 1 rings (SSSR count). The molecular weight excluding hydrogens is 401 g/mol. The minimum Gasteiger partial charge on any atom is -0.465 e. The molecule has 0 fully saturated rings. The van der Waals surface area contributed by atoms with Crippen LogP contribution in [0.1, 0.15) is 31.1 Å². The van der Waals surface area contributed by atoms with E-state index in [1.165, 1.54) is 13.8 Å². The fourth-order valence-electron chi connectivity index (χ4n) is 2.10. The lowest BCUT2D eigenvalue weighted by Gasteiger charge is -2.13. The summed E-state index contributed by atoms with van der Waals surface area (Å²) < 4.78 is 50.1. The van der Waals surface area contributed by atoms with E-state index in [4.69, 9.17) is 9.47 Å². The molecule has 0 bridgehead atoms. The number of hydrogen-bond acceptors (Lipinski definition) is 8. The molecule has 0 aliphatic carbocycles. The summed E-state index contributed by atoms with van der Waals surface area (Å²) in [5.74, 6) is -11.3. The van der Waals surface area contributed by atoms with E-state index < -0.39 is 63.3 Å². The van der Waals surface area contributed by atoms with E-state index in [2.05, 4.69) is 4.99 Å². The number of nitro groups is 1. The largest absolute Gasteiger partial charge is 0.465 e. The van der Waals surface area contributed by atoms with Crippen molar-refractivity contribution in [2.45, 2.75) is 26.8 Å². The molecule has 0 amide bonds. The Labute approximate surface area is 162 Å². The average Bonchev–Trinajstić information content (AvgIpc) is 2.63. The van der Waals surface area contributed by atoms with Gasteiger partial charge in [-0.25, -0.2) is 8.78 Å². The summed E-state index contributed by atoms with van der Waals surface area (Å²) in [6.07, 6.45) is 0.761. The van der Waals surface area contributed by atoms with E-state index in [1.807, 2.05) is 0 Å². The summed E-state index contributed by atoms with van der Waals surface area (Å²) >= 11 is 0. The molecule has 12 heteroatoms. The molecular formula is C17H17F3N2O7. The lowest BCUT2D eigenvalue weighted by Crippen LogP contribution is -2.29. The van der Waals surface area contributed by atoms with Crippen molar-refractivity contribution in [2.24, 2.45) is 10.9 Å². The molecule has 2 atom stereocenters. The number of benzene rings is 1. The maximum atomic E-state index is 13.8. The summed E-state index contributed by atoms with van der Waals surface area (Å²) in [4.78, 5) is 49.0. The number of esters is 2. The second-order valence-corrected chi connectivity index (χ2v) is 5.68. The highest BCUT2D eigenvalue weighted by Gasteiger charge is 2.37. The van der Waals surface area contributed by atoms with Crippen LogP contribution in [0, 0.1) is 33.5 Å². The highest BCUT2D eigenvalue weighted by molar-refractivity contribution is 6.19. The third-order valence-electron chi connectivity index (χ3n) is 3.42. The first-order chi connectivity index (χ1) is 13.5. The molecule has 0 radical (unpaired) electrons. The maximum absolute atomic E-state index is 13.8. The lowest BCUT2D eigenvalue weighted by molar-refractivity contribution is -0.388. The van der Waals surface area contributed by atoms with Crippen LogP contribution in [0.4, 0.5) is 18.9 Å². The Balaban J connectivity index is 3.37. The monoisotopic (exact) mass is 418 g/mol. The molecule has 0 spiro atoms. The van der Waals surface area contributed by atoms with Gasteiger partial charge in [0.15, 0.2) is 17.5 Å². The van der Waals surface area contributed by atoms with Crippen LogP contribution in [0.2, 0.25) is 0 Å². The van der Waals surface area contributed by atoms with Gasteiger partial charge in [-0.2, -0.15) is 4.39 Å². The van der Waals surface area contributed by atoms with Crippen LogP contribution in [0.25, 0.3) is 0 Å². The SMILES string of the molecule is CCOC(=O)C(C=NC(C)COC(C)=O)C(=O)c1cc(F)c(F)c(F)c1[N+](=O)[O-]. The van der Waals surface area contributed by atoms with E-state index in [0.29, 0.717) is 0 Å². The van der Waals surface area contributed by atoms with Crippen LogP contribution in [0.3, 0.4) is 0 Å². The lowest BCUT2D eigenvalue weighted by atomic mass is 9.96. The van der Waals surface area contributed by atoms with Crippen molar-refractivity contribution in [3.05, 3.63) is 39.2 Å². The maximum Gasteiger partial charge on any atom is 0.322 e. The number of nitro benzene ring substituents is 1. The highest BCUT2D eigenvalue weighted by Crippen LogP contribution is 2.29. The number of nitrogens with zero attached hydrogens (tertiary/aromatic N) is 2. The number of carbonyl (C=O) groups is 3. The third kappa shape index (κ3) is 6.09. The minimum absolute atomic E-state index is 0.126. The van der Waals surface area contributed by atoms with Gasteiger partial charge in [0.2, 0.25) is 11.6 Å². The van der Waals surface area contributed by atoms with Gasteiger partial charge in [0.1, 0.15) is 12.2 Å². The summed E-state index contributed by atoms with van der Waals surface area (Å²) in [7, 11) is 0. The van der Waals surface area contributed by atoms with E-state index >= 15 is 0 Å². The third-order valence-corrected chi connectivity index (χ3v) is 3.42. The number of carbonyl (C=O) groups excluding carboxylic acids is 3. The van der Waals surface area contributed by atoms with Crippen molar-refractivity contribution in [3.63, 3.8) is 0 Å². The fraction of sp³-hybridized carbons (Fsp3) is 0.412. The standard InChI is InChI=1S/C17H17F3N2O7/c1-4-28-17(25)11(6-21-8(2)7-29-9(3)23)16(24)10-5-12(18)13(19)14(20)15(10)22(26)27/h5-6,8,11H,4,7H2,1-3H3. The summed E-state index contributed by atoms with van der Waals surface area (Å²) in [5.41, 5.74) is -2.78. The Morgan fingerprint density at radius 2 is 1.86 bits per heavy atom. The van der Waals surface area contributed by atoms with Crippen molar-refractivity contribution in [1.82, 2.24) is 0 Å². The molecule has 0 aliphatic heterocycles. The van der Waals surface area contributed by atoms with Crippen molar-refractivity contribution >= 4 is 29.6 Å². The number of ketones is 1. The molecule has 9 nitrogen and oxygen atoms in total. The second-order valence-electron chi connectivity index (χ2n) is 5.68. The van der Waals surface area contributed by atoms with E-state index in [-0.39, 0.29) is 19.3 Å². The van der Waals surface area contributed by atoms with Crippen LogP contribution in [0.15, 0.2) is 11.1 Å². The average molecular weight is 418 g/mol. The first-order valence-electron chi connectivity index (χ1n) is 8.20. The van der Waals surface area contributed by atoms with Gasteiger partial charge < -0.3 is 9.47 Å². The van der Waals surface area contributed by atoms with Crippen LogP contribution >= 0.6 is 0 Å². The predicted octanol–water partition coefficient (Wildman–Crippen LogP) is 2.40. The van der Waals surface area contributed by atoms with Crippen LogP contribution in [-0.2, 0) is 19.1 Å². The van der Waals surface area contributed by atoms with Gasteiger partial charge >= 0.3 is 17.6 Å². The van der Waals surface area contributed by atoms with E-state index in [0.717, 1.165) is 13.1 Å². The molecule has 0 N–H and O–H groups in total. The van der Waals surface area contributed by atoms with Gasteiger partial charge in [-0.05, 0) is 19.9 Å². The molecule has 158 valence electrons. The summed E-state index contributed by atoms with van der Waals surface area (Å²) in [6, 6.07) is -0.596. The van der Waals surface area contributed by atoms with Gasteiger partial charge in [-0.3, -0.25) is 29.5 Å². The summed E-state index contributed by atoms with van der Waals surface area (Å²) in [5, 5.41) is 11.1. The zero-order valence-electron chi connectivity index (χ0n) is 15.6. The van der Waals surface area contributed by atoms with Crippen LogP contribution < -0.4 is 0 Å². The quantitative estimate of drug-likeness (QED) is 0.115. The molecule has 0 heterocycles. The Hall–Kier alpha value is -3.31. The second kappa shape index (κ2) is 10.3. The van der Waals surface area contributed by atoms with Crippen molar-refractivity contribution < 1.29 is 42.0 Å². The van der Waals surface area contributed by atoms with Gasteiger partial charge in [0.25, 0.3) is 0 Å². The minimum atomic E-state index is -2.18. The fourth-order valence-corrected chi connectivity index (χ4v) is 2.10. The van der Waals surface area contributed by atoms with Crippen molar-refractivity contribution in [3.8, 4) is 0 Å². The number of Topliss-reactive ketones (excluding diaryl/α,β-unsaturated/α-hetero) is 1. The number of ether oxygens (including phenoxy) is 2. The Kier molecular flexibility index (Phi) is 8.42. The Bertz CT molecular complexity index is 858. The first kappa shape index (κ1) is 23.7. The van der Waals surface area contributed by atoms with Gasteiger partial charge in [-0.15, -0.1) is 0 Å². The van der Waals surface area contributed by atoms with Gasteiger partial charge in [0.05, 0.1) is 17.6 Å². The zero-order chi connectivity index (χ0) is 22.3. The molecule has 0 aromatic heterocycles. The topological polar surface area (TPSA) is 125 Å². The summed E-state index contributed by atoms with van der Waals surface area (Å²) in [6.45, 7) is 3.66. The first-order valence-corrected chi connectivity index (χ1v) is 8.20. The number of aliphatic imine (C=N–C) groups is 1. The smallest absolute Gasteiger partial charge is 0.322 e. The number of halogens is 3. The number of rotatable bonds is 9. The number of hydrogen-bond donors (Lipinski definition) is 0. The molecule has 1 aromatic carbocycles. The molecule has 0 saturated carbocycles. The van der Waals surface area contributed by atoms with Crippen LogP contribution in [0.5, 0.6) is 0 Å². The van der Waals surface area contributed by atoms with Gasteiger partial charge in [-0.1, -0.05) is 0 Å². The van der Waals surface area contributed by atoms with Gasteiger partial charge in [0, 0.05) is 13.1 Å². The van der Waals surface area contributed by atoms with E-state index in [9.17, 15) is 37.7 Å². The molecule has 2 unspecified atom stereocenters. The highest BCUT2D eigenvalue weighted by atomic mass is 19.2. The van der Waals surface area contributed by atoms with Crippen molar-refractivity contribution in [1.29, 1.82) is 0 Å². The zero-order valence-corrected chi connectivity index (χ0v) is 15.6. The normalized spacial score (nSPS) is 13.0. The Morgan fingerprint density at radius 1 is 1.24 bits per heavy atom. The molecule has 1 aromatic rings. The molecule has 29 heavy (non-hydrogen) atoms. The van der Waals surface area contributed by atoms with Crippen LogP contribution in [-0.4, -0.2) is 48.1 Å².